The summed E-state index contributed by atoms with van der Waals surface area (Å²) in [4.78, 5) is 11.9. The van der Waals surface area contributed by atoms with E-state index in [0.29, 0.717) is 6.42 Å². The highest BCUT2D eigenvalue weighted by Crippen LogP contribution is 2.36. The molecule has 0 aliphatic carbocycles. The van der Waals surface area contributed by atoms with Crippen LogP contribution >= 0.6 is 0 Å². The maximum absolute atomic E-state index is 11.9. The van der Waals surface area contributed by atoms with Gasteiger partial charge in [-0.3, -0.25) is 10.2 Å². The van der Waals surface area contributed by atoms with E-state index < -0.39 is 29.2 Å². The third kappa shape index (κ3) is 4.28. The zero-order chi connectivity index (χ0) is 17.7. The van der Waals surface area contributed by atoms with Crippen LogP contribution in [0.1, 0.15) is 11.1 Å². The first-order chi connectivity index (χ1) is 11.4. The summed E-state index contributed by atoms with van der Waals surface area (Å²) in [5, 5.41) is 37.5. The van der Waals surface area contributed by atoms with Gasteiger partial charge in [0.15, 0.2) is 11.5 Å². The molecule has 0 aliphatic rings. The van der Waals surface area contributed by atoms with E-state index >= 15 is 0 Å². The number of carbonyl (C=O) groups excluding carboxylic acids is 1. The molecule has 0 aliphatic heterocycles. The van der Waals surface area contributed by atoms with E-state index in [1.807, 2.05) is 0 Å². The molecule has 8 N–H and O–H groups in total. The molecule has 0 bridgehead atoms. The Morgan fingerprint density at radius 2 is 1.67 bits per heavy atom. The highest BCUT2D eigenvalue weighted by atomic mass is 16.3. The molecule has 2 aromatic carbocycles. The summed E-state index contributed by atoms with van der Waals surface area (Å²) < 4.78 is 0. The van der Waals surface area contributed by atoms with Crippen molar-refractivity contribution in [1.82, 2.24) is 10.9 Å². The first-order valence-electron chi connectivity index (χ1n) is 7.17. The Morgan fingerprint density at radius 1 is 1.00 bits per heavy atom. The Morgan fingerprint density at radius 3 is 2.33 bits per heavy atom. The molecule has 1 unspecified atom stereocenters. The number of phenols is 4. The number of hydrogen-bond donors (Lipinski definition) is 7. The van der Waals surface area contributed by atoms with Gasteiger partial charge in [0.2, 0.25) is 5.75 Å². The van der Waals surface area contributed by atoms with Crippen LogP contribution in [0.2, 0.25) is 0 Å². The number of hydrazine groups is 1. The highest BCUT2D eigenvalue weighted by molar-refractivity contribution is 5.81. The van der Waals surface area contributed by atoms with E-state index in [2.05, 4.69) is 10.9 Å². The van der Waals surface area contributed by atoms with Crippen molar-refractivity contribution in [3.05, 3.63) is 47.5 Å². The zero-order valence-corrected chi connectivity index (χ0v) is 12.7. The SMILES string of the molecule is NC(Cc1ccc(O)cc1)C(=O)NNCc1ccc(O)c(O)c1O. The molecule has 0 saturated heterocycles. The summed E-state index contributed by atoms with van der Waals surface area (Å²) in [7, 11) is 0. The van der Waals surface area contributed by atoms with Crippen molar-refractivity contribution in [1.29, 1.82) is 0 Å². The van der Waals surface area contributed by atoms with Gasteiger partial charge in [0, 0.05) is 12.1 Å². The van der Waals surface area contributed by atoms with Gasteiger partial charge in [-0.05, 0) is 30.2 Å². The van der Waals surface area contributed by atoms with Gasteiger partial charge in [0.1, 0.15) is 5.75 Å². The number of nitrogens with two attached hydrogens (primary N) is 1. The summed E-state index contributed by atoms with van der Waals surface area (Å²) in [5.41, 5.74) is 11.9. The first kappa shape index (κ1) is 17.4. The van der Waals surface area contributed by atoms with Crippen LogP contribution in [-0.4, -0.2) is 32.4 Å². The van der Waals surface area contributed by atoms with Crippen molar-refractivity contribution in [2.45, 2.75) is 19.0 Å². The van der Waals surface area contributed by atoms with Crippen molar-refractivity contribution in [2.75, 3.05) is 0 Å². The molecular formula is C16H19N3O5. The van der Waals surface area contributed by atoms with Crippen LogP contribution in [0, 0.1) is 0 Å². The molecule has 2 rings (SSSR count). The lowest BCUT2D eigenvalue weighted by molar-refractivity contribution is -0.123. The van der Waals surface area contributed by atoms with E-state index in [1.165, 1.54) is 24.3 Å². The Hall–Kier alpha value is -2.97. The maximum atomic E-state index is 11.9. The van der Waals surface area contributed by atoms with Crippen LogP contribution in [0.15, 0.2) is 36.4 Å². The lowest BCUT2D eigenvalue weighted by atomic mass is 10.1. The van der Waals surface area contributed by atoms with Gasteiger partial charge in [-0.2, -0.15) is 0 Å². The topological polar surface area (TPSA) is 148 Å². The average Bonchev–Trinajstić information content (AvgIpc) is 2.56. The molecule has 1 atom stereocenters. The van der Waals surface area contributed by atoms with Gasteiger partial charge in [-0.25, -0.2) is 5.43 Å². The fourth-order valence-electron chi connectivity index (χ4n) is 2.05. The molecule has 1 amide bonds. The summed E-state index contributed by atoms with van der Waals surface area (Å²) in [6, 6.07) is 8.20. The van der Waals surface area contributed by atoms with Gasteiger partial charge in [-0.15, -0.1) is 0 Å². The molecule has 0 fully saturated rings. The molecule has 8 nitrogen and oxygen atoms in total. The molecular weight excluding hydrogens is 314 g/mol. The summed E-state index contributed by atoms with van der Waals surface area (Å²) in [6.07, 6.45) is 0.291. The van der Waals surface area contributed by atoms with E-state index in [1.54, 1.807) is 12.1 Å². The Labute approximate surface area is 138 Å². The maximum Gasteiger partial charge on any atom is 0.251 e. The zero-order valence-electron chi connectivity index (χ0n) is 12.7. The quantitative estimate of drug-likeness (QED) is 0.295. The lowest BCUT2D eigenvalue weighted by Crippen LogP contribution is -2.47. The van der Waals surface area contributed by atoms with Crippen LogP contribution in [0.4, 0.5) is 0 Å². The fourth-order valence-corrected chi connectivity index (χ4v) is 2.05. The third-order valence-corrected chi connectivity index (χ3v) is 3.43. The van der Waals surface area contributed by atoms with E-state index in [-0.39, 0.29) is 17.9 Å². The number of carbonyl (C=O) groups is 1. The van der Waals surface area contributed by atoms with Crippen LogP contribution in [0.25, 0.3) is 0 Å². The number of benzene rings is 2. The van der Waals surface area contributed by atoms with Gasteiger partial charge < -0.3 is 26.2 Å². The molecule has 24 heavy (non-hydrogen) atoms. The normalized spacial score (nSPS) is 11.9. The van der Waals surface area contributed by atoms with Crippen LogP contribution in [0.5, 0.6) is 23.0 Å². The number of rotatable bonds is 6. The van der Waals surface area contributed by atoms with Gasteiger partial charge in [-0.1, -0.05) is 18.2 Å². The minimum atomic E-state index is -0.802. The fraction of sp³-hybridized carbons (Fsp3) is 0.188. The van der Waals surface area contributed by atoms with Gasteiger partial charge in [0.05, 0.1) is 6.04 Å². The summed E-state index contributed by atoms with van der Waals surface area (Å²) >= 11 is 0. The van der Waals surface area contributed by atoms with E-state index in [4.69, 9.17) is 5.73 Å². The minimum absolute atomic E-state index is 0.0251. The van der Waals surface area contributed by atoms with Crippen LogP contribution in [0.3, 0.4) is 0 Å². The van der Waals surface area contributed by atoms with Crippen molar-refractivity contribution >= 4 is 5.91 Å². The second-order valence-corrected chi connectivity index (χ2v) is 5.26. The number of phenolic OH excluding ortho intramolecular Hbond substituents is 4. The predicted molar refractivity (Wildman–Crippen MR) is 86.2 cm³/mol. The van der Waals surface area contributed by atoms with Crippen molar-refractivity contribution in [3.63, 3.8) is 0 Å². The predicted octanol–water partition coefficient (Wildman–Crippen LogP) is 0.200. The standard InChI is InChI=1S/C16H19N3O5/c17-12(7-9-1-4-11(20)5-2-9)16(24)19-18-8-10-3-6-13(21)15(23)14(10)22/h1-6,12,18,20-23H,7-8,17H2,(H,19,24). The number of hydrogen-bond acceptors (Lipinski definition) is 7. The van der Waals surface area contributed by atoms with Gasteiger partial charge in [0.25, 0.3) is 5.91 Å². The second kappa shape index (κ2) is 7.53. The Kier molecular flexibility index (Phi) is 5.46. The molecule has 2 aromatic rings. The summed E-state index contributed by atoms with van der Waals surface area (Å²) in [6.45, 7) is 0.0251. The highest BCUT2D eigenvalue weighted by Gasteiger charge is 2.15. The Balaban J connectivity index is 1.84. The lowest BCUT2D eigenvalue weighted by Gasteiger charge is -2.14. The third-order valence-electron chi connectivity index (χ3n) is 3.43. The van der Waals surface area contributed by atoms with E-state index in [0.717, 1.165) is 5.56 Å². The number of aromatic hydroxyl groups is 4. The summed E-state index contributed by atoms with van der Waals surface area (Å²) in [5.74, 6) is -1.84. The molecule has 0 spiro atoms. The molecule has 0 radical (unpaired) electrons. The number of nitrogens with one attached hydrogen (secondary N) is 2. The minimum Gasteiger partial charge on any atom is -0.508 e. The molecule has 0 aromatic heterocycles. The molecule has 0 saturated carbocycles. The van der Waals surface area contributed by atoms with Crippen LogP contribution < -0.4 is 16.6 Å². The van der Waals surface area contributed by atoms with Crippen molar-refractivity contribution < 1.29 is 25.2 Å². The molecule has 128 valence electrons. The van der Waals surface area contributed by atoms with Crippen molar-refractivity contribution in [3.8, 4) is 23.0 Å². The first-order valence-corrected chi connectivity index (χ1v) is 7.17. The monoisotopic (exact) mass is 333 g/mol. The smallest absolute Gasteiger partial charge is 0.251 e. The second-order valence-electron chi connectivity index (χ2n) is 5.26. The van der Waals surface area contributed by atoms with Crippen LogP contribution in [-0.2, 0) is 17.8 Å². The average molecular weight is 333 g/mol. The largest absolute Gasteiger partial charge is 0.508 e. The molecule has 0 heterocycles. The molecule has 8 heteroatoms. The number of amides is 1. The van der Waals surface area contributed by atoms with E-state index in [9.17, 15) is 25.2 Å². The Bertz CT molecular complexity index is 718. The van der Waals surface area contributed by atoms with Crippen molar-refractivity contribution in [2.24, 2.45) is 5.73 Å². The van der Waals surface area contributed by atoms with Gasteiger partial charge >= 0.3 is 0 Å².